The van der Waals surface area contributed by atoms with Crippen molar-refractivity contribution in [3.63, 3.8) is 0 Å². The van der Waals surface area contributed by atoms with Crippen LogP contribution >= 0.6 is 0 Å². The molecule has 2 atom stereocenters. The molecule has 0 amide bonds. The van der Waals surface area contributed by atoms with Crippen LogP contribution in [0.1, 0.15) is 32.4 Å². The van der Waals surface area contributed by atoms with Gasteiger partial charge in [0.15, 0.2) is 0 Å². The van der Waals surface area contributed by atoms with Crippen LogP contribution in [0.3, 0.4) is 0 Å². The summed E-state index contributed by atoms with van der Waals surface area (Å²) in [6, 6.07) is 6.71. The summed E-state index contributed by atoms with van der Waals surface area (Å²) in [5.41, 5.74) is 6.60. The first-order valence-corrected chi connectivity index (χ1v) is 6.13. The molecule has 0 aliphatic carbocycles. The van der Waals surface area contributed by atoms with Crippen molar-refractivity contribution in [2.75, 3.05) is 11.4 Å². The minimum absolute atomic E-state index is 0.520. The highest BCUT2D eigenvalue weighted by Gasteiger charge is 2.23. The smallest absolute Gasteiger partial charge is 0.129 e. The molecular weight excluding hydrogens is 198 g/mol. The molecule has 2 unspecified atom stereocenters. The minimum Gasteiger partial charge on any atom is -0.354 e. The van der Waals surface area contributed by atoms with Crippen molar-refractivity contribution in [3.8, 4) is 0 Å². The Balaban J connectivity index is 2.16. The van der Waals surface area contributed by atoms with Crippen molar-refractivity contribution in [2.45, 2.75) is 39.3 Å². The summed E-state index contributed by atoms with van der Waals surface area (Å²) in [6.07, 6.45) is 2.52. The monoisotopic (exact) mass is 219 g/mol. The summed E-state index contributed by atoms with van der Waals surface area (Å²) >= 11 is 0. The van der Waals surface area contributed by atoms with Gasteiger partial charge in [0.1, 0.15) is 5.82 Å². The highest BCUT2D eigenvalue weighted by Crippen LogP contribution is 2.26. The van der Waals surface area contributed by atoms with Gasteiger partial charge in [-0.25, -0.2) is 4.98 Å². The zero-order valence-electron chi connectivity index (χ0n) is 10.2. The summed E-state index contributed by atoms with van der Waals surface area (Å²) in [5, 5.41) is 0. The Morgan fingerprint density at radius 3 is 2.94 bits per heavy atom. The predicted octanol–water partition coefficient (Wildman–Crippen LogP) is 2.17. The summed E-state index contributed by atoms with van der Waals surface area (Å²) < 4.78 is 0. The van der Waals surface area contributed by atoms with Gasteiger partial charge in [-0.05, 0) is 37.8 Å². The first kappa shape index (κ1) is 11.4. The highest BCUT2D eigenvalue weighted by molar-refractivity contribution is 5.41. The van der Waals surface area contributed by atoms with Gasteiger partial charge in [0.2, 0.25) is 0 Å². The third kappa shape index (κ3) is 2.35. The summed E-state index contributed by atoms with van der Waals surface area (Å²) in [5.74, 6) is 1.92. The van der Waals surface area contributed by atoms with Gasteiger partial charge in [-0.15, -0.1) is 0 Å². The van der Waals surface area contributed by atoms with Gasteiger partial charge in [-0.3, -0.25) is 0 Å². The maximum absolute atomic E-state index is 5.62. The molecule has 0 radical (unpaired) electrons. The number of aromatic nitrogens is 1. The van der Waals surface area contributed by atoms with E-state index in [1.165, 1.54) is 12.8 Å². The lowest BCUT2D eigenvalue weighted by Crippen LogP contribution is -2.40. The molecule has 0 saturated carbocycles. The molecule has 0 bridgehead atoms. The Morgan fingerprint density at radius 2 is 2.25 bits per heavy atom. The molecule has 2 rings (SSSR count). The van der Waals surface area contributed by atoms with Crippen molar-refractivity contribution in [1.29, 1.82) is 0 Å². The average Bonchev–Trinajstić information content (AvgIpc) is 2.29. The van der Waals surface area contributed by atoms with E-state index in [0.29, 0.717) is 12.6 Å². The fraction of sp³-hybridized carbons (Fsp3) is 0.615. The molecule has 1 aromatic heterocycles. The average molecular weight is 219 g/mol. The van der Waals surface area contributed by atoms with Crippen LogP contribution < -0.4 is 10.6 Å². The molecule has 3 heteroatoms. The van der Waals surface area contributed by atoms with Crippen LogP contribution in [0, 0.1) is 5.92 Å². The molecule has 1 saturated heterocycles. The lowest BCUT2D eigenvalue weighted by Gasteiger charge is -2.37. The number of piperidine rings is 1. The molecule has 2 heterocycles. The SMILES string of the molecule is CC1CCN(c2cccc(CN)n2)C(C)C1. The van der Waals surface area contributed by atoms with Crippen LogP contribution in [-0.4, -0.2) is 17.6 Å². The van der Waals surface area contributed by atoms with E-state index in [1.807, 2.05) is 6.07 Å². The molecule has 1 aliphatic rings. The standard InChI is InChI=1S/C13H21N3/c1-10-6-7-16(11(2)8-10)13-5-3-4-12(9-14)15-13/h3-5,10-11H,6-9,14H2,1-2H3. The Labute approximate surface area is 97.7 Å². The number of hydrogen-bond acceptors (Lipinski definition) is 3. The van der Waals surface area contributed by atoms with Gasteiger partial charge < -0.3 is 10.6 Å². The lowest BCUT2D eigenvalue weighted by atomic mass is 9.93. The maximum Gasteiger partial charge on any atom is 0.129 e. The number of nitrogens with two attached hydrogens (primary N) is 1. The van der Waals surface area contributed by atoms with Gasteiger partial charge in [-0.2, -0.15) is 0 Å². The van der Waals surface area contributed by atoms with Crippen LogP contribution in [-0.2, 0) is 6.54 Å². The molecule has 1 aliphatic heterocycles. The fourth-order valence-electron chi connectivity index (χ4n) is 2.49. The van der Waals surface area contributed by atoms with Crippen LogP contribution in [0.2, 0.25) is 0 Å². The minimum atomic E-state index is 0.520. The molecule has 1 aromatic rings. The van der Waals surface area contributed by atoms with Crippen LogP contribution in [0.25, 0.3) is 0 Å². The molecule has 1 fully saturated rings. The van der Waals surface area contributed by atoms with Gasteiger partial charge in [0.05, 0.1) is 5.69 Å². The van der Waals surface area contributed by atoms with E-state index in [2.05, 4.69) is 35.9 Å². The Bertz CT molecular complexity index is 351. The third-order valence-electron chi connectivity index (χ3n) is 3.43. The van der Waals surface area contributed by atoms with Crippen LogP contribution in [0.5, 0.6) is 0 Å². The first-order chi connectivity index (χ1) is 7.70. The zero-order chi connectivity index (χ0) is 11.5. The normalized spacial score (nSPS) is 25.8. The summed E-state index contributed by atoms with van der Waals surface area (Å²) in [6.45, 7) is 6.25. The predicted molar refractivity (Wildman–Crippen MR) is 67.3 cm³/mol. The third-order valence-corrected chi connectivity index (χ3v) is 3.43. The van der Waals surface area contributed by atoms with Crippen molar-refractivity contribution in [1.82, 2.24) is 4.98 Å². The van der Waals surface area contributed by atoms with Gasteiger partial charge in [0, 0.05) is 19.1 Å². The van der Waals surface area contributed by atoms with E-state index in [1.54, 1.807) is 0 Å². The first-order valence-electron chi connectivity index (χ1n) is 6.13. The maximum atomic E-state index is 5.62. The Hall–Kier alpha value is -1.09. The molecular formula is C13H21N3. The number of hydrogen-bond donors (Lipinski definition) is 1. The van der Waals surface area contributed by atoms with Crippen molar-refractivity contribution in [3.05, 3.63) is 23.9 Å². The second kappa shape index (κ2) is 4.83. The van der Waals surface area contributed by atoms with E-state index < -0.39 is 0 Å². The summed E-state index contributed by atoms with van der Waals surface area (Å²) in [4.78, 5) is 6.99. The fourth-order valence-corrected chi connectivity index (χ4v) is 2.49. The van der Waals surface area contributed by atoms with Gasteiger partial charge >= 0.3 is 0 Å². The van der Waals surface area contributed by atoms with E-state index in [4.69, 9.17) is 5.73 Å². The second-order valence-electron chi connectivity index (χ2n) is 4.86. The number of nitrogens with zero attached hydrogens (tertiary/aromatic N) is 2. The molecule has 0 spiro atoms. The number of rotatable bonds is 2. The topological polar surface area (TPSA) is 42.1 Å². The van der Waals surface area contributed by atoms with Crippen molar-refractivity contribution < 1.29 is 0 Å². The highest BCUT2D eigenvalue weighted by atomic mass is 15.2. The number of pyridine rings is 1. The van der Waals surface area contributed by atoms with E-state index in [9.17, 15) is 0 Å². The van der Waals surface area contributed by atoms with E-state index in [0.717, 1.165) is 24.0 Å². The van der Waals surface area contributed by atoms with Crippen molar-refractivity contribution >= 4 is 5.82 Å². The molecule has 16 heavy (non-hydrogen) atoms. The molecule has 88 valence electrons. The summed E-state index contributed by atoms with van der Waals surface area (Å²) in [7, 11) is 0. The second-order valence-corrected chi connectivity index (χ2v) is 4.86. The largest absolute Gasteiger partial charge is 0.354 e. The quantitative estimate of drug-likeness (QED) is 0.829. The van der Waals surface area contributed by atoms with E-state index >= 15 is 0 Å². The molecule has 2 N–H and O–H groups in total. The number of anilines is 1. The lowest BCUT2D eigenvalue weighted by molar-refractivity contribution is 0.376. The Morgan fingerprint density at radius 1 is 1.44 bits per heavy atom. The van der Waals surface area contributed by atoms with Gasteiger partial charge in [0.25, 0.3) is 0 Å². The zero-order valence-corrected chi connectivity index (χ0v) is 10.2. The van der Waals surface area contributed by atoms with Crippen LogP contribution in [0.15, 0.2) is 18.2 Å². The van der Waals surface area contributed by atoms with E-state index in [-0.39, 0.29) is 0 Å². The van der Waals surface area contributed by atoms with Gasteiger partial charge in [-0.1, -0.05) is 13.0 Å². The molecule has 0 aromatic carbocycles. The van der Waals surface area contributed by atoms with Crippen LogP contribution in [0.4, 0.5) is 5.82 Å². The Kier molecular flexibility index (Phi) is 3.44. The molecule has 3 nitrogen and oxygen atoms in total. The van der Waals surface area contributed by atoms with Crippen molar-refractivity contribution in [2.24, 2.45) is 11.7 Å².